The predicted octanol–water partition coefficient (Wildman–Crippen LogP) is 7.14. The number of anilines is 1. The van der Waals surface area contributed by atoms with E-state index in [2.05, 4.69) is 5.32 Å². The molecule has 39 heavy (non-hydrogen) atoms. The lowest BCUT2D eigenvalue weighted by atomic mass is 9.95. The smallest absolute Gasteiger partial charge is 0.258 e. The van der Waals surface area contributed by atoms with Crippen LogP contribution >= 0.6 is 11.6 Å². The van der Waals surface area contributed by atoms with Gasteiger partial charge in [-0.1, -0.05) is 72.8 Å². The van der Waals surface area contributed by atoms with Gasteiger partial charge in [-0.3, -0.25) is 4.79 Å². The summed E-state index contributed by atoms with van der Waals surface area (Å²) in [5.74, 6) is -0.317. The van der Waals surface area contributed by atoms with Crippen LogP contribution in [0.3, 0.4) is 0 Å². The zero-order chi connectivity index (χ0) is 27.1. The monoisotopic (exact) mass is 558 g/mol. The molecule has 5 aromatic rings. The number of aryl methyl sites for hydroxylation is 1. The molecule has 198 valence electrons. The Balaban J connectivity index is 1.67. The average molecular weight is 559 g/mol. The molecule has 0 aliphatic heterocycles. The van der Waals surface area contributed by atoms with Crippen LogP contribution in [-0.4, -0.2) is 28.9 Å². The fraction of sp³-hybridized carbons (Fsp3) is 0.233. The zero-order valence-electron chi connectivity index (χ0n) is 21.4. The number of carbonyl (C=O) groups excluding carboxylic acids is 1. The molecule has 2 aromatic heterocycles. The SMILES string of the molecule is Cc1ccc(S(=O)(=O)c2c(NC(=O)c3ccccc3Cl)n(C3CCCCC3)c3nc4ccccc4nc23)cc1. The number of fused-ring (bicyclic) bond motifs is 2. The molecule has 1 N–H and O–H groups in total. The first-order valence-electron chi connectivity index (χ1n) is 13.0. The van der Waals surface area contributed by atoms with Gasteiger partial charge in [0.05, 0.1) is 26.5 Å². The third kappa shape index (κ3) is 4.57. The molecular weight excluding hydrogens is 532 g/mol. The summed E-state index contributed by atoms with van der Waals surface area (Å²) in [6, 6.07) is 20.7. The van der Waals surface area contributed by atoms with E-state index < -0.39 is 15.7 Å². The van der Waals surface area contributed by atoms with Crippen molar-refractivity contribution in [3.63, 3.8) is 0 Å². The molecular formula is C30H27ClN4O3S. The van der Waals surface area contributed by atoms with Crippen LogP contribution in [0.1, 0.15) is 54.1 Å². The highest BCUT2D eigenvalue weighted by Crippen LogP contribution is 2.42. The van der Waals surface area contributed by atoms with Gasteiger partial charge in [0.25, 0.3) is 5.91 Å². The zero-order valence-corrected chi connectivity index (χ0v) is 23.0. The molecule has 1 aliphatic rings. The molecule has 2 heterocycles. The maximum atomic E-state index is 14.3. The Hall–Kier alpha value is -3.75. The van der Waals surface area contributed by atoms with Crippen LogP contribution in [0.4, 0.5) is 5.82 Å². The summed E-state index contributed by atoms with van der Waals surface area (Å²) in [6.07, 6.45) is 4.81. The molecule has 7 nitrogen and oxygen atoms in total. The molecule has 0 unspecified atom stereocenters. The van der Waals surface area contributed by atoms with Crippen molar-refractivity contribution in [2.75, 3.05) is 5.32 Å². The van der Waals surface area contributed by atoms with Gasteiger partial charge in [-0.2, -0.15) is 0 Å². The van der Waals surface area contributed by atoms with Crippen molar-refractivity contribution in [3.8, 4) is 0 Å². The average Bonchev–Trinajstić information content (AvgIpc) is 3.25. The topological polar surface area (TPSA) is 94.0 Å². The number of aromatic nitrogens is 3. The van der Waals surface area contributed by atoms with Crippen LogP contribution in [0, 0.1) is 6.92 Å². The molecule has 0 atom stereocenters. The number of halogens is 1. The lowest BCUT2D eigenvalue weighted by Gasteiger charge is -2.26. The van der Waals surface area contributed by atoms with E-state index in [-0.39, 0.29) is 37.8 Å². The Morgan fingerprint density at radius 3 is 2.23 bits per heavy atom. The third-order valence-electron chi connectivity index (χ3n) is 7.34. The van der Waals surface area contributed by atoms with E-state index >= 15 is 0 Å². The van der Waals surface area contributed by atoms with Gasteiger partial charge >= 0.3 is 0 Å². The molecule has 1 fully saturated rings. The minimum atomic E-state index is -4.11. The molecule has 3 aromatic carbocycles. The normalized spacial score (nSPS) is 14.6. The molecule has 1 amide bonds. The number of amides is 1. The van der Waals surface area contributed by atoms with E-state index in [0.717, 1.165) is 37.7 Å². The number of rotatable bonds is 5. The molecule has 0 saturated heterocycles. The lowest BCUT2D eigenvalue weighted by molar-refractivity contribution is 0.102. The molecule has 0 spiro atoms. The van der Waals surface area contributed by atoms with Crippen LogP contribution < -0.4 is 5.32 Å². The van der Waals surface area contributed by atoms with Crippen molar-refractivity contribution in [2.24, 2.45) is 0 Å². The first kappa shape index (κ1) is 25.5. The van der Waals surface area contributed by atoms with Crippen LogP contribution in [0.2, 0.25) is 5.02 Å². The summed E-state index contributed by atoms with van der Waals surface area (Å²) in [4.78, 5) is 23.4. The van der Waals surface area contributed by atoms with Crippen LogP contribution in [0.15, 0.2) is 82.6 Å². The quantitative estimate of drug-likeness (QED) is 0.247. The lowest BCUT2D eigenvalue weighted by Crippen LogP contribution is -2.21. The van der Waals surface area contributed by atoms with E-state index in [9.17, 15) is 13.2 Å². The number of benzene rings is 3. The fourth-order valence-electron chi connectivity index (χ4n) is 5.36. The molecule has 0 radical (unpaired) electrons. The van der Waals surface area contributed by atoms with Gasteiger partial charge in [-0.25, -0.2) is 18.4 Å². The van der Waals surface area contributed by atoms with E-state index in [4.69, 9.17) is 21.6 Å². The van der Waals surface area contributed by atoms with Crippen LogP contribution in [0.5, 0.6) is 0 Å². The van der Waals surface area contributed by atoms with E-state index in [0.29, 0.717) is 16.7 Å². The van der Waals surface area contributed by atoms with Gasteiger partial charge in [0, 0.05) is 6.04 Å². The molecule has 0 bridgehead atoms. The minimum absolute atomic E-state index is 0.0415. The van der Waals surface area contributed by atoms with Crippen LogP contribution in [0.25, 0.3) is 22.2 Å². The second kappa shape index (κ2) is 10.1. The Morgan fingerprint density at radius 2 is 1.54 bits per heavy atom. The highest BCUT2D eigenvalue weighted by Gasteiger charge is 2.35. The summed E-state index contributed by atoms with van der Waals surface area (Å²) >= 11 is 6.35. The Labute approximate surface area is 231 Å². The molecule has 9 heteroatoms. The second-order valence-corrected chi connectivity index (χ2v) is 12.3. The van der Waals surface area contributed by atoms with E-state index in [1.165, 1.54) is 0 Å². The van der Waals surface area contributed by atoms with Gasteiger partial charge in [0.2, 0.25) is 9.84 Å². The first-order chi connectivity index (χ1) is 18.8. The summed E-state index contributed by atoms with van der Waals surface area (Å²) < 4.78 is 30.6. The van der Waals surface area contributed by atoms with Crippen molar-refractivity contribution in [3.05, 3.63) is 88.9 Å². The standard InChI is InChI=1S/C30H27ClN4O3S/c1-19-15-17-21(18-16-19)39(37,38)27-26-28(33-25-14-8-7-13-24(25)32-26)35(20-9-3-2-4-10-20)29(27)34-30(36)22-11-5-6-12-23(22)31/h5-8,11-18,20H,2-4,9-10H2,1H3,(H,34,36). The number of hydrogen-bond acceptors (Lipinski definition) is 5. The van der Waals surface area contributed by atoms with Crippen molar-refractivity contribution in [2.45, 2.75) is 54.9 Å². The van der Waals surface area contributed by atoms with Gasteiger partial charge in [-0.05, 0) is 56.2 Å². The second-order valence-electron chi connectivity index (χ2n) is 9.97. The summed E-state index contributed by atoms with van der Waals surface area (Å²) in [5.41, 5.74) is 3.12. The summed E-state index contributed by atoms with van der Waals surface area (Å²) in [6.45, 7) is 1.90. The van der Waals surface area contributed by atoms with Gasteiger partial charge < -0.3 is 9.88 Å². The maximum Gasteiger partial charge on any atom is 0.258 e. The number of para-hydroxylation sites is 2. The number of nitrogens with zero attached hydrogens (tertiary/aromatic N) is 3. The highest BCUT2D eigenvalue weighted by molar-refractivity contribution is 7.92. The number of hydrogen-bond donors (Lipinski definition) is 1. The van der Waals surface area contributed by atoms with E-state index in [1.54, 1.807) is 48.5 Å². The van der Waals surface area contributed by atoms with Crippen molar-refractivity contribution in [1.82, 2.24) is 14.5 Å². The minimum Gasteiger partial charge on any atom is -0.307 e. The molecule has 1 saturated carbocycles. The fourth-order valence-corrected chi connectivity index (χ4v) is 7.11. The third-order valence-corrected chi connectivity index (χ3v) is 9.49. The van der Waals surface area contributed by atoms with Gasteiger partial charge in [-0.15, -0.1) is 0 Å². The summed E-state index contributed by atoms with van der Waals surface area (Å²) in [7, 11) is -4.11. The molecule has 6 rings (SSSR count). The Kier molecular flexibility index (Phi) is 6.61. The maximum absolute atomic E-state index is 14.3. The summed E-state index contributed by atoms with van der Waals surface area (Å²) in [5, 5.41) is 3.22. The highest BCUT2D eigenvalue weighted by atomic mass is 35.5. The first-order valence-corrected chi connectivity index (χ1v) is 14.9. The predicted molar refractivity (Wildman–Crippen MR) is 153 cm³/mol. The van der Waals surface area contributed by atoms with Gasteiger partial charge in [0.15, 0.2) is 5.65 Å². The Bertz CT molecular complexity index is 1830. The number of sulfone groups is 1. The molecule has 1 aliphatic carbocycles. The Morgan fingerprint density at radius 1 is 0.897 bits per heavy atom. The van der Waals surface area contributed by atoms with Gasteiger partial charge in [0.1, 0.15) is 16.2 Å². The largest absolute Gasteiger partial charge is 0.307 e. The van der Waals surface area contributed by atoms with Crippen molar-refractivity contribution in [1.29, 1.82) is 0 Å². The number of nitrogens with one attached hydrogen (secondary N) is 1. The van der Waals surface area contributed by atoms with Crippen molar-refractivity contribution < 1.29 is 13.2 Å². The number of carbonyl (C=O) groups is 1. The van der Waals surface area contributed by atoms with E-state index in [1.807, 2.05) is 35.8 Å². The van der Waals surface area contributed by atoms with Crippen molar-refractivity contribution >= 4 is 55.4 Å². The van der Waals surface area contributed by atoms with Crippen LogP contribution in [-0.2, 0) is 9.84 Å².